The monoisotopic (exact) mass is 155 g/mol. The summed E-state index contributed by atoms with van der Waals surface area (Å²) in [5, 5.41) is 2.56. The molecule has 1 rings (SSSR count). The van der Waals surface area contributed by atoms with Crippen molar-refractivity contribution < 1.29 is 9.59 Å². The van der Waals surface area contributed by atoms with E-state index in [9.17, 15) is 9.59 Å². The molecule has 0 unspecified atom stereocenters. The summed E-state index contributed by atoms with van der Waals surface area (Å²) < 4.78 is 0. The maximum Gasteiger partial charge on any atom is 0.220 e. The molecule has 0 atom stereocenters. The van der Waals surface area contributed by atoms with E-state index in [4.69, 9.17) is 0 Å². The molecule has 0 aromatic heterocycles. The smallest absolute Gasteiger partial charge is 0.220 e. The Hall–Kier alpha value is -0.860. The predicted octanol–water partition coefficient (Wildman–Crippen LogP) is 0.492. The second kappa shape index (κ2) is 3.51. The minimum absolute atomic E-state index is 0.00847. The normalized spacial score (nSPS) is 16.1. The summed E-state index contributed by atoms with van der Waals surface area (Å²) in [6, 6.07) is 0. The SMILES string of the molecule is CC(=O)CNC(=O)CC1CC1. The van der Waals surface area contributed by atoms with Crippen LogP contribution < -0.4 is 5.32 Å². The van der Waals surface area contributed by atoms with Gasteiger partial charge in [0.1, 0.15) is 5.78 Å². The van der Waals surface area contributed by atoms with Gasteiger partial charge in [-0.3, -0.25) is 9.59 Å². The van der Waals surface area contributed by atoms with Crippen molar-refractivity contribution in [3.63, 3.8) is 0 Å². The highest BCUT2D eigenvalue weighted by Gasteiger charge is 2.24. The lowest BCUT2D eigenvalue weighted by atomic mass is 10.3. The molecule has 0 aliphatic heterocycles. The van der Waals surface area contributed by atoms with E-state index < -0.39 is 0 Å². The number of hydrogen-bond donors (Lipinski definition) is 1. The van der Waals surface area contributed by atoms with Crippen molar-refractivity contribution in [2.24, 2.45) is 5.92 Å². The lowest BCUT2D eigenvalue weighted by Crippen LogP contribution is -2.28. The molecule has 0 spiro atoms. The van der Waals surface area contributed by atoms with Crippen LogP contribution >= 0.6 is 0 Å². The molecule has 1 N–H and O–H groups in total. The predicted molar refractivity (Wildman–Crippen MR) is 41.0 cm³/mol. The molecule has 11 heavy (non-hydrogen) atoms. The van der Waals surface area contributed by atoms with Crippen molar-refractivity contribution >= 4 is 11.7 Å². The van der Waals surface area contributed by atoms with Crippen LogP contribution in [0, 0.1) is 5.92 Å². The van der Waals surface area contributed by atoms with Crippen LogP contribution in [0.4, 0.5) is 0 Å². The molecule has 0 aromatic carbocycles. The molecule has 1 fully saturated rings. The summed E-state index contributed by atoms with van der Waals surface area (Å²) in [6.45, 7) is 1.66. The molecule has 0 saturated heterocycles. The molecule has 3 heteroatoms. The maximum atomic E-state index is 10.9. The number of ketones is 1. The van der Waals surface area contributed by atoms with Gasteiger partial charge in [-0.2, -0.15) is 0 Å². The second-order valence-electron chi connectivity index (χ2n) is 3.13. The lowest BCUT2D eigenvalue weighted by molar-refractivity contribution is -0.124. The topological polar surface area (TPSA) is 46.2 Å². The van der Waals surface area contributed by atoms with Crippen molar-refractivity contribution in [2.75, 3.05) is 6.54 Å². The molecule has 62 valence electrons. The van der Waals surface area contributed by atoms with Crippen LogP contribution in [0.2, 0.25) is 0 Å². The quantitative estimate of drug-likeness (QED) is 0.642. The van der Waals surface area contributed by atoms with Crippen LogP contribution in [-0.4, -0.2) is 18.2 Å². The molecule has 1 saturated carbocycles. The van der Waals surface area contributed by atoms with Gasteiger partial charge < -0.3 is 5.32 Å². The summed E-state index contributed by atoms with van der Waals surface area (Å²) in [5.41, 5.74) is 0. The number of carbonyl (C=O) groups is 2. The van der Waals surface area contributed by atoms with Gasteiger partial charge in [-0.05, 0) is 25.7 Å². The Labute approximate surface area is 66.2 Å². The average molecular weight is 155 g/mol. The number of amides is 1. The van der Waals surface area contributed by atoms with Gasteiger partial charge in [0, 0.05) is 6.42 Å². The van der Waals surface area contributed by atoms with Gasteiger partial charge in [0.15, 0.2) is 0 Å². The highest BCUT2D eigenvalue weighted by atomic mass is 16.2. The molecular weight excluding hydrogens is 142 g/mol. The fraction of sp³-hybridized carbons (Fsp3) is 0.750. The fourth-order valence-corrected chi connectivity index (χ4v) is 0.879. The average Bonchev–Trinajstić information content (AvgIpc) is 2.67. The standard InChI is InChI=1S/C8H13NO2/c1-6(10)5-9-8(11)4-7-2-3-7/h7H,2-5H2,1H3,(H,9,11). The first-order valence-corrected chi connectivity index (χ1v) is 3.94. The molecule has 1 aliphatic carbocycles. The number of hydrogen-bond acceptors (Lipinski definition) is 2. The largest absolute Gasteiger partial charge is 0.349 e. The Morgan fingerprint density at radius 1 is 1.45 bits per heavy atom. The van der Waals surface area contributed by atoms with Crippen LogP contribution in [0.25, 0.3) is 0 Å². The Balaban J connectivity index is 2.04. The highest BCUT2D eigenvalue weighted by molar-refractivity contribution is 5.84. The molecule has 1 aliphatic rings. The van der Waals surface area contributed by atoms with Crippen molar-refractivity contribution in [3.05, 3.63) is 0 Å². The van der Waals surface area contributed by atoms with Crippen molar-refractivity contribution in [3.8, 4) is 0 Å². The van der Waals surface area contributed by atoms with E-state index in [0.717, 1.165) is 0 Å². The van der Waals surface area contributed by atoms with Crippen LogP contribution in [0.1, 0.15) is 26.2 Å². The van der Waals surface area contributed by atoms with Gasteiger partial charge in [-0.15, -0.1) is 0 Å². The number of carbonyl (C=O) groups excluding carboxylic acids is 2. The Kier molecular flexibility index (Phi) is 2.63. The molecular formula is C8H13NO2. The third-order valence-corrected chi connectivity index (χ3v) is 1.71. The number of Topliss-reactive ketones (excluding diaryl/α,β-unsaturated/α-hetero) is 1. The fourth-order valence-electron chi connectivity index (χ4n) is 0.879. The molecule has 0 heterocycles. The van der Waals surface area contributed by atoms with Crippen LogP contribution in [-0.2, 0) is 9.59 Å². The van der Waals surface area contributed by atoms with Crippen molar-refractivity contribution in [2.45, 2.75) is 26.2 Å². The first-order valence-electron chi connectivity index (χ1n) is 3.94. The second-order valence-corrected chi connectivity index (χ2v) is 3.13. The van der Waals surface area contributed by atoms with Gasteiger partial charge in [0.05, 0.1) is 6.54 Å². The minimum atomic E-state index is 0.00847. The van der Waals surface area contributed by atoms with E-state index >= 15 is 0 Å². The molecule has 0 bridgehead atoms. The third kappa shape index (κ3) is 3.75. The zero-order valence-corrected chi connectivity index (χ0v) is 6.72. The maximum absolute atomic E-state index is 10.9. The molecule has 3 nitrogen and oxygen atoms in total. The summed E-state index contributed by atoms with van der Waals surface area (Å²) in [4.78, 5) is 21.4. The Morgan fingerprint density at radius 2 is 2.09 bits per heavy atom. The zero-order valence-electron chi connectivity index (χ0n) is 6.72. The molecule has 0 aromatic rings. The molecule has 1 amide bonds. The Bertz CT molecular complexity index is 173. The first-order chi connectivity index (χ1) is 5.18. The number of rotatable bonds is 4. The number of nitrogens with one attached hydrogen (secondary N) is 1. The van der Waals surface area contributed by atoms with E-state index in [-0.39, 0.29) is 18.2 Å². The van der Waals surface area contributed by atoms with E-state index in [1.54, 1.807) is 0 Å². The van der Waals surface area contributed by atoms with Gasteiger partial charge in [0.25, 0.3) is 0 Å². The Morgan fingerprint density at radius 3 is 2.55 bits per heavy atom. The van der Waals surface area contributed by atoms with E-state index in [2.05, 4.69) is 5.32 Å². The highest BCUT2D eigenvalue weighted by Crippen LogP contribution is 2.31. The van der Waals surface area contributed by atoms with Crippen LogP contribution in [0.3, 0.4) is 0 Å². The lowest BCUT2D eigenvalue weighted by Gasteiger charge is -1.99. The van der Waals surface area contributed by atoms with Crippen LogP contribution in [0.5, 0.6) is 0 Å². The summed E-state index contributed by atoms with van der Waals surface area (Å²) >= 11 is 0. The van der Waals surface area contributed by atoms with Crippen LogP contribution in [0.15, 0.2) is 0 Å². The van der Waals surface area contributed by atoms with Gasteiger partial charge >= 0.3 is 0 Å². The molecule has 0 radical (unpaired) electrons. The van der Waals surface area contributed by atoms with E-state index in [1.807, 2.05) is 0 Å². The van der Waals surface area contributed by atoms with Gasteiger partial charge in [-0.1, -0.05) is 0 Å². The third-order valence-electron chi connectivity index (χ3n) is 1.71. The van der Waals surface area contributed by atoms with E-state index in [0.29, 0.717) is 12.3 Å². The summed E-state index contributed by atoms with van der Waals surface area (Å²) in [5.74, 6) is 0.624. The summed E-state index contributed by atoms with van der Waals surface area (Å²) in [6.07, 6.45) is 2.95. The van der Waals surface area contributed by atoms with Crippen molar-refractivity contribution in [1.29, 1.82) is 0 Å². The zero-order chi connectivity index (χ0) is 8.27. The first kappa shape index (κ1) is 8.24. The van der Waals surface area contributed by atoms with Gasteiger partial charge in [-0.25, -0.2) is 0 Å². The van der Waals surface area contributed by atoms with Gasteiger partial charge in [0.2, 0.25) is 5.91 Å². The minimum Gasteiger partial charge on any atom is -0.349 e. The van der Waals surface area contributed by atoms with Crippen molar-refractivity contribution in [1.82, 2.24) is 5.32 Å². The summed E-state index contributed by atoms with van der Waals surface area (Å²) in [7, 11) is 0. The van der Waals surface area contributed by atoms with E-state index in [1.165, 1.54) is 19.8 Å².